The summed E-state index contributed by atoms with van der Waals surface area (Å²) in [6.07, 6.45) is 0. The van der Waals surface area contributed by atoms with Crippen molar-refractivity contribution in [3.8, 4) is 0 Å². The highest BCUT2D eigenvalue weighted by Crippen LogP contribution is 2.23. The van der Waals surface area contributed by atoms with E-state index in [-0.39, 0.29) is 11.9 Å². The van der Waals surface area contributed by atoms with Crippen molar-refractivity contribution in [1.29, 1.82) is 0 Å². The molecule has 0 saturated carbocycles. The molecule has 0 radical (unpaired) electrons. The van der Waals surface area contributed by atoms with E-state index in [0.717, 1.165) is 16.8 Å². The second kappa shape index (κ2) is 7.34. The third-order valence-corrected chi connectivity index (χ3v) is 4.27. The first-order chi connectivity index (χ1) is 12.0. The van der Waals surface area contributed by atoms with E-state index >= 15 is 0 Å². The van der Waals surface area contributed by atoms with E-state index in [4.69, 9.17) is 0 Å². The molecule has 25 heavy (non-hydrogen) atoms. The normalized spacial score (nSPS) is 12.2. The van der Waals surface area contributed by atoms with Crippen molar-refractivity contribution in [3.05, 3.63) is 88.7 Å². The summed E-state index contributed by atoms with van der Waals surface area (Å²) in [5.41, 5.74) is 4.65. The van der Waals surface area contributed by atoms with Gasteiger partial charge in [0.1, 0.15) is 5.69 Å². The fraction of sp³-hybridized carbons (Fsp3) is 0.238. The average molecular weight is 333 g/mol. The van der Waals surface area contributed by atoms with E-state index in [1.165, 1.54) is 5.56 Å². The smallest absolute Gasteiger partial charge is 0.272 e. The lowest BCUT2D eigenvalue weighted by atomic mass is 9.97. The van der Waals surface area contributed by atoms with Gasteiger partial charge in [-0.15, -0.1) is 0 Å². The van der Waals surface area contributed by atoms with Crippen molar-refractivity contribution in [1.82, 2.24) is 15.5 Å². The number of carbonyl (C=O) groups is 1. The van der Waals surface area contributed by atoms with E-state index in [1.807, 2.05) is 36.4 Å². The third kappa shape index (κ3) is 3.97. The van der Waals surface area contributed by atoms with Gasteiger partial charge in [0, 0.05) is 5.69 Å². The van der Waals surface area contributed by atoms with Crippen LogP contribution in [0.2, 0.25) is 0 Å². The van der Waals surface area contributed by atoms with Gasteiger partial charge in [-0.1, -0.05) is 74.0 Å². The topological polar surface area (TPSA) is 57.8 Å². The predicted molar refractivity (Wildman–Crippen MR) is 99.6 cm³/mol. The first kappa shape index (κ1) is 17.0. The van der Waals surface area contributed by atoms with Crippen molar-refractivity contribution < 1.29 is 4.79 Å². The van der Waals surface area contributed by atoms with E-state index in [2.05, 4.69) is 60.6 Å². The highest BCUT2D eigenvalue weighted by Gasteiger charge is 2.19. The molecule has 3 aromatic rings. The molecule has 1 amide bonds. The molecule has 3 rings (SSSR count). The zero-order valence-corrected chi connectivity index (χ0v) is 14.8. The molecule has 0 aliphatic rings. The molecule has 1 heterocycles. The molecular formula is C21H23N3O. The standard InChI is InChI=1S/C21H23N3O/c1-14(2)18-13-19(24-23-18)21(25)22-20(16-7-5-4-6-8-16)17-11-9-15(3)10-12-17/h4-14,20H,1-3H3,(H,22,25)(H,23,24). The Kier molecular flexibility index (Phi) is 4.98. The zero-order valence-electron chi connectivity index (χ0n) is 14.8. The largest absolute Gasteiger partial charge is 0.340 e. The molecule has 4 heteroatoms. The van der Waals surface area contributed by atoms with E-state index in [9.17, 15) is 4.79 Å². The number of amides is 1. The predicted octanol–water partition coefficient (Wildman–Crippen LogP) is 4.36. The molecule has 1 aromatic heterocycles. The lowest BCUT2D eigenvalue weighted by molar-refractivity contribution is 0.0938. The number of aromatic amines is 1. The van der Waals surface area contributed by atoms with Gasteiger partial charge in [-0.3, -0.25) is 9.89 Å². The van der Waals surface area contributed by atoms with Crippen LogP contribution in [-0.2, 0) is 0 Å². The summed E-state index contributed by atoms with van der Waals surface area (Å²) >= 11 is 0. The maximum atomic E-state index is 12.7. The van der Waals surface area contributed by atoms with Crippen LogP contribution in [0.5, 0.6) is 0 Å². The lowest BCUT2D eigenvalue weighted by Gasteiger charge is -2.19. The Bertz CT molecular complexity index is 835. The highest BCUT2D eigenvalue weighted by molar-refractivity contribution is 5.92. The lowest BCUT2D eigenvalue weighted by Crippen LogP contribution is -2.29. The monoisotopic (exact) mass is 333 g/mol. The number of aromatic nitrogens is 2. The number of aryl methyl sites for hydroxylation is 1. The molecule has 2 aromatic carbocycles. The second-order valence-electron chi connectivity index (χ2n) is 6.59. The Balaban J connectivity index is 1.89. The Morgan fingerprint density at radius 1 is 1.00 bits per heavy atom. The summed E-state index contributed by atoms with van der Waals surface area (Å²) in [7, 11) is 0. The van der Waals surface area contributed by atoms with E-state index in [1.54, 1.807) is 0 Å². The van der Waals surface area contributed by atoms with Gasteiger partial charge in [0.05, 0.1) is 6.04 Å². The van der Waals surface area contributed by atoms with Crippen LogP contribution in [0.4, 0.5) is 0 Å². The molecule has 1 unspecified atom stereocenters. The van der Waals surface area contributed by atoms with E-state index < -0.39 is 0 Å². The van der Waals surface area contributed by atoms with Gasteiger partial charge in [0.2, 0.25) is 0 Å². The molecule has 0 saturated heterocycles. The Labute approximate surface area is 148 Å². The molecule has 0 fully saturated rings. The minimum absolute atomic E-state index is 0.183. The summed E-state index contributed by atoms with van der Waals surface area (Å²) in [6.45, 7) is 6.18. The molecule has 1 atom stereocenters. The van der Waals surface area contributed by atoms with Crippen LogP contribution in [-0.4, -0.2) is 16.1 Å². The highest BCUT2D eigenvalue weighted by atomic mass is 16.2. The maximum absolute atomic E-state index is 12.7. The number of hydrogen-bond donors (Lipinski definition) is 2. The van der Waals surface area contributed by atoms with Crippen molar-refractivity contribution in [2.24, 2.45) is 0 Å². The van der Waals surface area contributed by atoms with Gasteiger partial charge < -0.3 is 5.32 Å². The van der Waals surface area contributed by atoms with Crippen LogP contribution in [0, 0.1) is 6.92 Å². The van der Waals surface area contributed by atoms with E-state index in [0.29, 0.717) is 11.6 Å². The van der Waals surface area contributed by atoms with Crippen LogP contribution >= 0.6 is 0 Å². The Hall–Kier alpha value is -2.88. The molecular weight excluding hydrogens is 310 g/mol. The average Bonchev–Trinajstić information content (AvgIpc) is 3.12. The number of carbonyl (C=O) groups excluding carboxylic acids is 1. The van der Waals surface area contributed by atoms with Gasteiger partial charge in [-0.25, -0.2) is 0 Å². The number of H-pyrrole nitrogens is 1. The summed E-state index contributed by atoms with van der Waals surface area (Å²) in [4.78, 5) is 12.7. The maximum Gasteiger partial charge on any atom is 0.272 e. The zero-order chi connectivity index (χ0) is 17.8. The van der Waals surface area contributed by atoms with Gasteiger partial charge in [0.25, 0.3) is 5.91 Å². The van der Waals surface area contributed by atoms with Crippen LogP contribution in [0.15, 0.2) is 60.7 Å². The molecule has 4 nitrogen and oxygen atoms in total. The van der Waals surface area contributed by atoms with Crippen LogP contribution in [0.1, 0.15) is 58.7 Å². The quantitative estimate of drug-likeness (QED) is 0.729. The van der Waals surface area contributed by atoms with Gasteiger partial charge in [-0.05, 0) is 30.0 Å². The minimum Gasteiger partial charge on any atom is -0.340 e. The van der Waals surface area contributed by atoms with Crippen LogP contribution < -0.4 is 5.32 Å². The number of hydrogen-bond acceptors (Lipinski definition) is 2. The number of nitrogens with zero attached hydrogens (tertiary/aromatic N) is 1. The number of benzene rings is 2. The van der Waals surface area contributed by atoms with Gasteiger partial charge in [0.15, 0.2) is 0 Å². The summed E-state index contributed by atoms with van der Waals surface area (Å²) in [5, 5.41) is 10.2. The minimum atomic E-state index is -0.214. The van der Waals surface area contributed by atoms with Crippen LogP contribution in [0.3, 0.4) is 0 Å². The summed E-state index contributed by atoms with van der Waals surface area (Å²) in [5.74, 6) is 0.119. The van der Waals surface area contributed by atoms with Crippen molar-refractivity contribution in [3.63, 3.8) is 0 Å². The fourth-order valence-electron chi connectivity index (χ4n) is 2.72. The summed E-state index contributed by atoms with van der Waals surface area (Å²) in [6, 6.07) is 19.8. The Morgan fingerprint density at radius 3 is 2.24 bits per heavy atom. The SMILES string of the molecule is Cc1ccc(C(NC(=O)c2cc(C(C)C)[nH]n2)c2ccccc2)cc1. The molecule has 0 aliphatic heterocycles. The first-order valence-corrected chi connectivity index (χ1v) is 8.52. The fourth-order valence-corrected chi connectivity index (χ4v) is 2.72. The summed E-state index contributed by atoms with van der Waals surface area (Å²) < 4.78 is 0. The Morgan fingerprint density at radius 2 is 1.64 bits per heavy atom. The molecule has 0 aliphatic carbocycles. The molecule has 0 spiro atoms. The van der Waals surface area contributed by atoms with Gasteiger partial charge in [-0.2, -0.15) is 5.10 Å². The molecule has 0 bridgehead atoms. The second-order valence-corrected chi connectivity index (χ2v) is 6.59. The third-order valence-electron chi connectivity index (χ3n) is 4.27. The van der Waals surface area contributed by atoms with Crippen molar-refractivity contribution in [2.45, 2.75) is 32.7 Å². The molecule has 2 N–H and O–H groups in total. The molecule has 128 valence electrons. The van der Waals surface area contributed by atoms with Crippen molar-refractivity contribution in [2.75, 3.05) is 0 Å². The van der Waals surface area contributed by atoms with Crippen molar-refractivity contribution >= 4 is 5.91 Å². The number of nitrogens with one attached hydrogen (secondary N) is 2. The van der Waals surface area contributed by atoms with Crippen LogP contribution in [0.25, 0.3) is 0 Å². The number of rotatable bonds is 5. The van der Waals surface area contributed by atoms with Gasteiger partial charge >= 0.3 is 0 Å². The first-order valence-electron chi connectivity index (χ1n) is 8.52.